The van der Waals surface area contributed by atoms with Gasteiger partial charge in [-0.3, -0.25) is 0 Å². The van der Waals surface area contributed by atoms with Gasteiger partial charge in [-0.2, -0.15) is 0 Å². The molecule has 0 aliphatic heterocycles. The summed E-state index contributed by atoms with van der Waals surface area (Å²) in [6, 6.07) is 5.81. The SMILES string of the molecule is COc1ccc(C[NH+](CC(=O)[O-])C(C)C)cc1OC. The van der Waals surface area contributed by atoms with Crippen molar-refractivity contribution < 1.29 is 24.3 Å². The highest BCUT2D eigenvalue weighted by atomic mass is 16.5. The quantitative estimate of drug-likeness (QED) is 0.706. The van der Waals surface area contributed by atoms with Crippen LogP contribution in [0.5, 0.6) is 11.5 Å². The molecule has 0 saturated heterocycles. The number of rotatable bonds is 7. The molecule has 1 aromatic carbocycles. The third-order valence-corrected chi connectivity index (χ3v) is 3.07. The van der Waals surface area contributed by atoms with Crippen molar-refractivity contribution in [3.63, 3.8) is 0 Å². The van der Waals surface area contributed by atoms with E-state index in [1.807, 2.05) is 32.0 Å². The monoisotopic (exact) mass is 267 g/mol. The first-order valence-corrected chi connectivity index (χ1v) is 6.23. The molecule has 5 nitrogen and oxygen atoms in total. The van der Waals surface area contributed by atoms with Crippen LogP contribution >= 0.6 is 0 Å². The number of ether oxygens (including phenoxy) is 2. The highest BCUT2D eigenvalue weighted by Crippen LogP contribution is 2.27. The zero-order chi connectivity index (χ0) is 14.4. The van der Waals surface area contributed by atoms with Gasteiger partial charge in [0.05, 0.1) is 26.2 Å². The van der Waals surface area contributed by atoms with Crippen LogP contribution in [0.4, 0.5) is 0 Å². The van der Waals surface area contributed by atoms with Crippen LogP contribution in [0.1, 0.15) is 19.4 Å². The molecule has 1 aromatic rings. The summed E-state index contributed by atoms with van der Waals surface area (Å²) in [5.41, 5.74) is 1.00. The Morgan fingerprint density at radius 1 is 1.26 bits per heavy atom. The minimum absolute atomic E-state index is 0.00793. The van der Waals surface area contributed by atoms with Gasteiger partial charge in [-0.25, -0.2) is 0 Å². The molecule has 5 heteroatoms. The second kappa shape index (κ2) is 6.99. The van der Waals surface area contributed by atoms with Gasteiger partial charge in [-0.1, -0.05) is 0 Å². The number of carboxylic acid groups (broad SMARTS) is 1. The summed E-state index contributed by atoms with van der Waals surface area (Å²) in [6.45, 7) is 4.57. The summed E-state index contributed by atoms with van der Waals surface area (Å²) in [6.07, 6.45) is 0. The van der Waals surface area contributed by atoms with Crippen molar-refractivity contribution in [1.82, 2.24) is 0 Å². The lowest BCUT2D eigenvalue weighted by molar-refractivity contribution is -0.929. The molecule has 0 amide bonds. The van der Waals surface area contributed by atoms with Gasteiger partial charge in [0.25, 0.3) is 0 Å². The predicted octanol–water partition coefficient (Wildman–Crippen LogP) is -0.753. The number of carbonyl (C=O) groups is 1. The molecule has 0 fully saturated rings. The Bertz CT molecular complexity index is 431. The van der Waals surface area contributed by atoms with Crippen molar-refractivity contribution in [2.24, 2.45) is 0 Å². The third kappa shape index (κ3) is 4.44. The van der Waals surface area contributed by atoms with E-state index < -0.39 is 5.97 Å². The van der Waals surface area contributed by atoms with E-state index in [1.165, 1.54) is 0 Å². The maximum absolute atomic E-state index is 10.8. The number of nitrogens with one attached hydrogen (secondary N) is 1. The maximum atomic E-state index is 10.8. The first kappa shape index (κ1) is 15.3. The van der Waals surface area contributed by atoms with Crippen LogP contribution in [0.25, 0.3) is 0 Å². The van der Waals surface area contributed by atoms with Gasteiger partial charge in [0, 0.05) is 5.56 Å². The minimum Gasteiger partial charge on any atom is -0.544 e. The Kier molecular flexibility index (Phi) is 5.63. The molecular weight excluding hydrogens is 246 g/mol. The van der Waals surface area contributed by atoms with Gasteiger partial charge in [-0.15, -0.1) is 0 Å². The maximum Gasteiger partial charge on any atom is 0.161 e. The number of carboxylic acids is 1. The van der Waals surface area contributed by atoms with E-state index in [4.69, 9.17) is 9.47 Å². The fourth-order valence-corrected chi connectivity index (χ4v) is 1.91. The number of benzene rings is 1. The second-order valence-electron chi connectivity index (χ2n) is 4.73. The molecule has 1 atom stereocenters. The number of quaternary nitrogens is 1. The average Bonchev–Trinajstić information content (AvgIpc) is 2.37. The molecule has 1 rings (SSSR count). The molecule has 0 aliphatic carbocycles. The van der Waals surface area contributed by atoms with Crippen molar-refractivity contribution in [2.75, 3.05) is 20.8 Å². The standard InChI is InChI=1S/C14H21NO4/c1-10(2)15(9-14(16)17)8-11-5-6-12(18-3)13(7-11)19-4/h5-7,10H,8-9H2,1-4H3,(H,16,17). The largest absolute Gasteiger partial charge is 0.544 e. The van der Waals surface area contributed by atoms with E-state index in [-0.39, 0.29) is 12.6 Å². The topological polar surface area (TPSA) is 63.0 Å². The molecule has 0 saturated carbocycles. The van der Waals surface area contributed by atoms with E-state index in [2.05, 4.69) is 0 Å². The van der Waals surface area contributed by atoms with E-state index in [0.29, 0.717) is 18.0 Å². The summed E-state index contributed by atoms with van der Waals surface area (Å²) in [5, 5.41) is 10.8. The van der Waals surface area contributed by atoms with E-state index in [1.54, 1.807) is 14.2 Å². The fraction of sp³-hybridized carbons (Fsp3) is 0.500. The Morgan fingerprint density at radius 2 is 1.89 bits per heavy atom. The molecule has 106 valence electrons. The Balaban J connectivity index is 2.87. The smallest absolute Gasteiger partial charge is 0.161 e. The third-order valence-electron chi connectivity index (χ3n) is 3.07. The van der Waals surface area contributed by atoms with E-state index >= 15 is 0 Å². The lowest BCUT2D eigenvalue weighted by atomic mass is 10.1. The first-order valence-electron chi connectivity index (χ1n) is 6.23. The van der Waals surface area contributed by atoms with Crippen LogP contribution in [0.15, 0.2) is 18.2 Å². The molecular formula is C14H21NO4. The number of aliphatic carboxylic acids is 1. The van der Waals surface area contributed by atoms with Crippen molar-refractivity contribution in [3.05, 3.63) is 23.8 Å². The molecule has 0 aromatic heterocycles. The molecule has 0 radical (unpaired) electrons. The Morgan fingerprint density at radius 3 is 2.37 bits per heavy atom. The van der Waals surface area contributed by atoms with Crippen LogP contribution in [0, 0.1) is 0 Å². The van der Waals surface area contributed by atoms with Gasteiger partial charge in [0.15, 0.2) is 11.5 Å². The van der Waals surface area contributed by atoms with Crippen LogP contribution in [0.2, 0.25) is 0 Å². The van der Waals surface area contributed by atoms with E-state index in [9.17, 15) is 9.90 Å². The molecule has 1 N–H and O–H groups in total. The highest BCUT2D eigenvalue weighted by molar-refractivity contribution is 5.65. The van der Waals surface area contributed by atoms with Crippen LogP contribution in [0.3, 0.4) is 0 Å². The second-order valence-corrected chi connectivity index (χ2v) is 4.73. The average molecular weight is 267 g/mol. The van der Waals surface area contributed by atoms with Gasteiger partial charge >= 0.3 is 0 Å². The summed E-state index contributed by atoms with van der Waals surface area (Å²) in [4.78, 5) is 11.7. The molecule has 19 heavy (non-hydrogen) atoms. The summed E-state index contributed by atoms with van der Waals surface area (Å²) in [7, 11) is 3.16. The Labute approximate surface area is 113 Å². The fourth-order valence-electron chi connectivity index (χ4n) is 1.91. The van der Waals surface area contributed by atoms with Crippen molar-refractivity contribution in [1.29, 1.82) is 0 Å². The number of hydrogen-bond acceptors (Lipinski definition) is 4. The number of hydrogen-bond donors (Lipinski definition) is 1. The predicted molar refractivity (Wildman–Crippen MR) is 69.2 cm³/mol. The first-order chi connectivity index (χ1) is 8.97. The van der Waals surface area contributed by atoms with Gasteiger partial charge in [-0.05, 0) is 32.0 Å². The highest BCUT2D eigenvalue weighted by Gasteiger charge is 2.15. The number of methoxy groups -OCH3 is 2. The van der Waals surface area contributed by atoms with Gasteiger partial charge in [0.2, 0.25) is 0 Å². The van der Waals surface area contributed by atoms with E-state index in [0.717, 1.165) is 10.5 Å². The number of carbonyl (C=O) groups excluding carboxylic acids is 1. The van der Waals surface area contributed by atoms with Crippen molar-refractivity contribution in [3.8, 4) is 11.5 Å². The zero-order valence-corrected chi connectivity index (χ0v) is 11.9. The zero-order valence-electron chi connectivity index (χ0n) is 11.9. The van der Waals surface area contributed by atoms with Crippen LogP contribution in [-0.4, -0.2) is 32.8 Å². The van der Waals surface area contributed by atoms with Crippen molar-refractivity contribution in [2.45, 2.75) is 26.4 Å². The summed E-state index contributed by atoms with van der Waals surface area (Å²) >= 11 is 0. The Hall–Kier alpha value is -1.75. The molecule has 1 unspecified atom stereocenters. The van der Waals surface area contributed by atoms with Crippen LogP contribution < -0.4 is 19.5 Å². The minimum atomic E-state index is -1.04. The molecule has 0 bridgehead atoms. The summed E-state index contributed by atoms with van der Waals surface area (Å²) in [5.74, 6) is 0.276. The molecule has 0 spiro atoms. The van der Waals surface area contributed by atoms with Crippen LogP contribution in [-0.2, 0) is 11.3 Å². The molecule has 0 aliphatic rings. The molecule has 0 heterocycles. The van der Waals surface area contributed by atoms with Gasteiger partial charge < -0.3 is 24.3 Å². The summed E-state index contributed by atoms with van der Waals surface area (Å²) < 4.78 is 10.4. The van der Waals surface area contributed by atoms with Crippen molar-refractivity contribution >= 4 is 5.97 Å². The lowest BCUT2D eigenvalue weighted by Gasteiger charge is -2.24. The normalized spacial score (nSPS) is 12.3. The lowest BCUT2D eigenvalue weighted by Crippen LogP contribution is -3.15. The van der Waals surface area contributed by atoms with Gasteiger partial charge in [0.1, 0.15) is 13.1 Å².